The maximum atomic E-state index is 12.6. The van der Waals surface area contributed by atoms with Gasteiger partial charge < -0.3 is 14.8 Å². The van der Waals surface area contributed by atoms with E-state index in [1.807, 2.05) is 20.8 Å². The maximum Gasteiger partial charge on any atom is 0.341 e. The smallest absolute Gasteiger partial charge is 0.341 e. The van der Waals surface area contributed by atoms with Gasteiger partial charge in [0.25, 0.3) is 0 Å². The van der Waals surface area contributed by atoms with Crippen LogP contribution in [0.5, 0.6) is 5.75 Å². The Morgan fingerprint density at radius 3 is 2.52 bits per heavy atom. The largest absolute Gasteiger partial charge is 0.490 e. The molecular weight excluding hydrogens is 318 g/mol. The molecule has 0 unspecified atom stereocenters. The summed E-state index contributed by atoms with van der Waals surface area (Å²) in [6.45, 7) is 8.02. The fourth-order valence-electron chi connectivity index (χ4n) is 3.04. The summed E-state index contributed by atoms with van der Waals surface area (Å²) >= 11 is 0. The predicted octanol–water partition coefficient (Wildman–Crippen LogP) is 4.56. The normalized spacial score (nSPS) is 17.0. The molecule has 1 N–H and O–H groups in total. The Labute approximate surface area is 150 Å². The summed E-state index contributed by atoms with van der Waals surface area (Å²) in [7, 11) is 0. The molecular formula is C20H29NO4. The Balaban J connectivity index is 2.23. The number of rotatable bonds is 7. The van der Waals surface area contributed by atoms with Gasteiger partial charge in [-0.25, -0.2) is 4.79 Å². The van der Waals surface area contributed by atoms with Crippen LogP contribution >= 0.6 is 0 Å². The van der Waals surface area contributed by atoms with Crippen LogP contribution in [0.1, 0.15) is 70.2 Å². The second-order valence-electron chi connectivity index (χ2n) is 6.99. The van der Waals surface area contributed by atoms with Gasteiger partial charge in [-0.1, -0.05) is 26.7 Å². The SMILES string of the molecule is CCOC(=O)c1cc(NC(=O)C2(C)CCCC2)ccc1O[C@H](C)CC. The van der Waals surface area contributed by atoms with E-state index in [0.29, 0.717) is 17.0 Å². The molecule has 0 aromatic heterocycles. The summed E-state index contributed by atoms with van der Waals surface area (Å²) in [5.74, 6) is 0.0530. The van der Waals surface area contributed by atoms with Crippen molar-refractivity contribution in [2.75, 3.05) is 11.9 Å². The molecule has 0 heterocycles. The quantitative estimate of drug-likeness (QED) is 0.734. The minimum Gasteiger partial charge on any atom is -0.490 e. The van der Waals surface area contributed by atoms with E-state index >= 15 is 0 Å². The summed E-state index contributed by atoms with van der Waals surface area (Å²) < 4.78 is 11.0. The van der Waals surface area contributed by atoms with Gasteiger partial charge in [-0.05, 0) is 51.3 Å². The van der Waals surface area contributed by atoms with Crippen LogP contribution in [0.15, 0.2) is 18.2 Å². The van der Waals surface area contributed by atoms with Crippen molar-refractivity contribution in [3.63, 3.8) is 0 Å². The Hall–Kier alpha value is -2.04. The number of ether oxygens (including phenoxy) is 2. The van der Waals surface area contributed by atoms with E-state index in [-0.39, 0.29) is 24.0 Å². The highest BCUT2D eigenvalue weighted by Crippen LogP contribution is 2.38. The predicted molar refractivity (Wildman–Crippen MR) is 98.0 cm³/mol. The van der Waals surface area contributed by atoms with Crippen LogP contribution in [0, 0.1) is 5.41 Å². The maximum absolute atomic E-state index is 12.6. The van der Waals surface area contributed by atoms with Crippen molar-refractivity contribution < 1.29 is 19.1 Å². The van der Waals surface area contributed by atoms with Gasteiger partial charge in [0, 0.05) is 11.1 Å². The number of carbonyl (C=O) groups excluding carboxylic acids is 2. The van der Waals surface area contributed by atoms with E-state index in [9.17, 15) is 9.59 Å². The van der Waals surface area contributed by atoms with Gasteiger partial charge in [0.15, 0.2) is 0 Å². The number of hydrogen-bond acceptors (Lipinski definition) is 4. The molecule has 0 bridgehead atoms. The Kier molecular flexibility index (Phi) is 6.45. The fraction of sp³-hybridized carbons (Fsp3) is 0.600. The first-order valence-electron chi connectivity index (χ1n) is 9.19. The minimum atomic E-state index is -0.441. The molecule has 0 spiro atoms. The first kappa shape index (κ1) is 19.3. The van der Waals surface area contributed by atoms with Crippen molar-refractivity contribution in [3.8, 4) is 5.75 Å². The lowest BCUT2D eigenvalue weighted by Crippen LogP contribution is -2.30. The highest BCUT2D eigenvalue weighted by molar-refractivity contribution is 5.98. The Morgan fingerprint density at radius 1 is 1.24 bits per heavy atom. The molecule has 0 radical (unpaired) electrons. The molecule has 5 heteroatoms. The van der Waals surface area contributed by atoms with Crippen LogP contribution < -0.4 is 10.1 Å². The molecule has 1 fully saturated rings. The van der Waals surface area contributed by atoms with Crippen LogP contribution in [0.2, 0.25) is 0 Å². The molecule has 1 aromatic rings. The number of nitrogens with one attached hydrogen (secondary N) is 1. The molecule has 138 valence electrons. The molecule has 2 rings (SSSR count). The van der Waals surface area contributed by atoms with Crippen LogP contribution in [0.4, 0.5) is 5.69 Å². The van der Waals surface area contributed by atoms with Crippen molar-refractivity contribution in [1.82, 2.24) is 0 Å². The summed E-state index contributed by atoms with van der Waals surface area (Å²) in [5, 5.41) is 2.95. The van der Waals surface area contributed by atoms with E-state index in [1.54, 1.807) is 25.1 Å². The van der Waals surface area contributed by atoms with E-state index in [0.717, 1.165) is 32.1 Å². The summed E-state index contributed by atoms with van der Waals surface area (Å²) in [4.78, 5) is 24.9. The van der Waals surface area contributed by atoms with Crippen molar-refractivity contribution in [1.29, 1.82) is 0 Å². The number of benzene rings is 1. The van der Waals surface area contributed by atoms with Crippen molar-refractivity contribution in [2.24, 2.45) is 5.41 Å². The average Bonchev–Trinajstić information content (AvgIpc) is 3.04. The molecule has 5 nitrogen and oxygen atoms in total. The van der Waals surface area contributed by atoms with E-state index < -0.39 is 5.97 Å². The summed E-state index contributed by atoms with van der Waals surface area (Å²) in [6.07, 6.45) is 4.79. The van der Waals surface area contributed by atoms with Gasteiger partial charge in [-0.3, -0.25) is 4.79 Å². The molecule has 0 aliphatic heterocycles. The van der Waals surface area contributed by atoms with Gasteiger partial charge in [0.05, 0.1) is 12.7 Å². The number of amides is 1. The van der Waals surface area contributed by atoms with Gasteiger partial charge in [-0.2, -0.15) is 0 Å². The lowest BCUT2D eigenvalue weighted by Gasteiger charge is -2.23. The van der Waals surface area contributed by atoms with E-state index in [1.165, 1.54) is 0 Å². The second kappa shape index (κ2) is 8.37. The first-order valence-corrected chi connectivity index (χ1v) is 9.19. The van der Waals surface area contributed by atoms with Crippen molar-refractivity contribution in [2.45, 2.75) is 65.9 Å². The van der Waals surface area contributed by atoms with Crippen LogP contribution in [0.3, 0.4) is 0 Å². The molecule has 1 atom stereocenters. The molecule has 0 saturated heterocycles. The fourth-order valence-corrected chi connectivity index (χ4v) is 3.04. The highest BCUT2D eigenvalue weighted by atomic mass is 16.5. The van der Waals surface area contributed by atoms with E-state index in [4.69, 9.17) is 9.47 Å². The van der Waals surface area contributed by atoms with Crippen LogP contribution in [0.25, 0.3) is 0 Å². The van der Waals surface area contributed by atoms with Crippen LogP contribution in [-0.4, -0.2) is 24.6 Å². The minimum absolute atomic E-state index is 0.00832. The van der Waals surface area contributed by atoms with Crippen molar-refractivity contribution in [3.05, 3.63) is 23.8 Å². The van der Waals surface area contributed by atoms with Gasteiger partial charge in [0.1, 0.15) is 11.3 Å². The van der Waals surface area contributed by atoms with E-state index in [2.05, 4.69) is 5.32 Å². The third-order valence-corrected chi connectivity index (χ3v) is 4.89. The Bertz CT molecular complexity index is 620. The molecule has 25 heavy (non-hydrogen) atoms. The molecule has 1 amide bonds. The van der Waals surface area contributed by atoms with Crippen LogP contribution in [-0.2, 0) is 9.53 Å². The monoisotopic (exact) mass is 347 g/mol. The number of anilines is 1. The summed E-state index contributed by atoms with van der Waals surface area (Å²) in [5.41, 5.74) is 0.616. The standard InChI is InChI=1S/C20H29NO4/c1-5-14(3)25-17-10-9-15(13-16(17)18(22)24-6-2)21-19(23)20(4)11-7-8-12-20/h9-10,13-14H,5-8,11-12H2,1-4H3,(H,21,23)/t14-/m1/s1. The topological polar surface area (TPSA) is 64.6 Å². The van der Waals surface area contributed by atoms with Gasteiger partial charge in [0.2, 0.25) is 5.91 Å². The molecule has 1 aliphatic carbocycles. The first-order chi connectivity index (χ1) is 11.9. The van der Waals surface area contributed by atoms with Gasteiger partial charge >= 0.3 is 5.97 Å². The Morgan fingerprint density at radius 2 is 1.92 bits per heavy atom. The zero-order valence-electron chi connectivity index (χ0n) is 15.7. The summed E-state index contributed by atoms with van der Waals surface area (Å²) in [6, 6.07) is 5.15. The lowest BCUT2D eigenvalue weighted by atomic mass is 9.88. The zero-order valence-corrected chi connectivity index (χ0v) is 15.7. The lowest BCUT2D eigenvalue weighted by molar-refractivity contribution is -0.124. The number of carbonyl (C=O) groups is 2. The average molecular weight is 347 g/mol. The third-order valence-electron chi connectivity index (χ3n) is 4.89. The number of esters is 1. The molecule has 1 aromatic carbocycles. The third kappa shape index (κ3) is 4.74. The van der Waals surface area contributed by atoms with Crippen molar-refractivity contribution >= 4 is 17.6 Å². The molecule has 1 aliphatic rings. The van der Waals surface area contributed by atoms with Gasteiger partial charge in [-0.15, -0.1) is 0 Å². The number of hydrogen-bond donors (Lipinski definition) is 1. The highest BCUT2D eigenvalue weighted by Gasteiger charge is 2.36. The second-order valence-corrected chi connectivity index (χ2v) is 6.99. The molecule has 1 saturated carbocycles. The zero-order chi connectivity index (χ0) is 18.4.